The molecule has 2 N–H and O–H groups in total. The standard InChI is InChI=1S/C12H10Cl2N2O2S.C12H10Cl2N2S/c1-19(17,18)10-4-2-3-8(5-10)15-9-6-11(13)16-12(14)7-9;1-17-10-4-2-3-8(5-10)15-9-6-11(13)16-12(14)7-9/h2-7H,1H3,(H,15,16);2-7H,1H3,(H,15,16). The van der Waals surface area contributed by atoms with Crippen LogP contribution in [-0.2, 0) is 9.84 Å². The summed E-state index contributed by atoms with van der Waals surface area (Å²) < 4.78 is 22.9. The molecule has 0 amide bonds. The summed E-state index contributed by atoms with van der Waals surface area (Å²) in [6.45, 7) is 0. The maximum absolute atomic E-state index is 11.5. The number of benzene rings is 2. The van der Waals surface area contributed by atoms with E-state index in [2.05, 4.69) is 32.7 Å². The highest BCUT2D eigenvalue weighted by Gasteiger charge is 2.08. The molecule has 188 valence electrons. The van der Waals surface area contributed by atoms with Crippen molar-refractivity contribution in [2.24, 2.45) is 0 Å². The molecule has 12 heteroatoms. The van der Waals surface area contributed by atoms with Gasteiger partial charge in [0.05, 0.1) is 4.90 Å². The Morgan fingerprint density at radius 2 is 1.11 bits per heavy atom. The fourth-order valence-corrected chi connectivity index (χ4v) is 4.96. The van der Waals surface area contributed by atoms with Crippen LogP contribution < -0.4 is 10.6 Å². The van der Waals surface area contributed by atoms with Crippen LogP contribution in [0, 0.1) is 0 Å². The zero-order chi connectivity index (χ0) is 26.3. The van der Waals surface area contributed by atoms with Gasteiger partial charge in [0.15, 0.2) is 9.84 Å². The predicted octanol–water partition coefficient (Wildman–Crippen LogP) is 8.39. The van der Waals surface area contributed by atoms with E-state index in [4.69, 9.17) is 46.4 Å². The minimum absolute atomic E-state index is 0.240. The van der Waals surface area contributed by atoms with Gasteiger partial charge < -0.3 is 10.6 Å². The lowest BCUT2D eigenvalue weighted by atomic mass is 10.3. The fraction of sp³-hybridized carbons (Fsp3) is 0.0833. The number of thioether (sulfide) groups is 1. The number of halogens is 4. The fourth-order valence-electron chi connectivity index (χ4n) is 2.91. The van der Waals surface area contributed by atoms with E-state index in [9.17, 15) is 8.42 Å². The quantitative estimate of drug-likeness (QED) is 0.169. The summed E-state index contributed by atoms with van der Waals surface area (Å²) in [6, 6.07) is 21.2. The van der Waals surface area contributed by atoms with Crippen molar-refractivity contribution >= 4 is 90.8 Å². The number of rotatable bonds is 6. The molecule has 0 bridgehead atoms. The van der Waals surface area contributed by atoms with E-state index in [1.807, 2.05) is 18.4 Å². The lowest BCUT2D eigenvalue weighted by Crippen LogP contribution is -1.98. The molecule has 2 aromatic heterocycles. The number of nitrogens with zero attached hydrogens (tertiary/aromatic N) is 2. The van der Waals surface area contributed by atoms with Crippen molar-refractivity contribution in [3.8, 4) is 0 Å². The summed E-state index contributed by atoms with van der Waals surface area (Å²) in [6.07, 6.45) is 3.20. The molecule has 0 fully saturated rings. The maximum Gasteiger partial charge on any atom is 0.175 e. The SMILES string of the molecule is CS(=O)(=O)c1cccc(Nc2cc(Cl)nc(Cl)c2)c1.CSc1cccc(Nc2cc(Cl)nc(Cl)c2)c1. The van der Waals surface area contributed by atoms with E-state index >= 15 is 0 Å². The lowest BCUT2D eigenvalue weighted by Gasteiger charge is -2.08. The van der Waals surface area contributed by atoms with Crippen LogP contribution in [0.15, 0.2) is 82.6 Å². The first-order valence-corrected chi connectivity index (χ1v) is 14.8. The number of pyridine rings is 2. The Balaban J connectivity index is 0.000000202. The van der Waals surface area contributed by atoms with Crippen LogP contribution in [0.5, 0.6) is 0 Å². The van der Waals surface area contributed by atoms with E-state index in [0.29, 0.717) is 21.7 Å². The average molecular weight is 602 g/mol. The lowest BCUT2D eigenvalue weighted by molar-refractivity contribution is 0.602. The van der Waals surface area contributed by atoms with Gasteiger partial charge in [-0.05, 0) is 66.9 Å². The van der Waals surface area contributed by atoms with Gasteiger partial charge in [-0.3, -0.25) is 0 Å². The Morgan fingerprint density at radius 1 is 0.667 bits per heavy atom. The summed E-state index contributed by atoms with van der Waals surface area (Å²) in [5.74, 6) is 0. The minimum atomic E-state index is -3.24. The number of hydrogen-bond donors (Lipinski definition) is 2. The van der Waals surface area contributed by atoms with Gasteiger partial charge in [-0.15, -0.1) is 11.8 Å². The van der Waals surface area contributed by atoms with Crippen molar-refractivity contribution in [3.05, 3.63) is 93.4 Å². The molecule has 2 aromatic carbocycles. The van der Waals surface area contributed by atoms with Gasteiger partial charge in [0.25, 0.3) is 0 Å². The van der Waals surface area contributed by atoms with Crippen LogP contribution >= 0.6 is 58.2 Å². The second-order valence-electron chi connectivity index (χ2n) is 7.28. The van der Waals surface area contributed by atoms with Gasteiger partial charge in [-0.1, -0.05) is 58.5 Å². The first-order valence-electron chi connectivity index (χ1n) is 10.2. The molecule has 36 heavy (non-hydrogen) atoms. The van der Waals surface area contributed by atoms with E-state index < -0.39 is 9.84 Å². The summed E-state index contributed by atoms with van der Waals surface area (Å²) in [5, 5.41) is 7.53. The second-order valence-corrected chi connectivity index (χ2v) is 11.7. The van der Waals surface area contributed by atoms with E-state index in [-0.39, 0.29) is 15.2 Å². The first kappa shape index (κ1) is 28.4. The number of aromatic nitrogens is 2. The molecule has 0 radical (unpaired) electrons. The van der Waals surface area contributed by atoms with Gasteiger partial charge in [-0.25, -0.2) is 18.4 Å². The van der Waals surface area contributed by atoms with Crippen molar-refractivity contribution in [1.82, 2.24) is 9.97 Å². The molecular formula is C24H20Cl4N4O2S2. The Labute approximate surface area is 234 Å². The Bertz CT molecular complexity index is 1430. The Kier molecular flexibility index (Phi) is 10.1. The summed E-state index contributed by atoms with van der Waals surface area (Å²) in [4.78, 5) is 9.16. The monoisotopic (exact) mass is 600 g/mol. The summed E-state index contributed by atoms with van der Waals surface area (Å²) >= 11 is 24.9. The molecule has 0 aliphatic rings. The van der Waals surface area contributed by atoms with E-state index in [0.717, 1.165) is 17.6 Å². The predicted molar refractivity (Wildman–Crippen MR) is 153 cm³/mol. The summed E-state index contributed by atoms with van der Waals surface area (Å²) in [5.41, 5.74) is 3.08. The van der Waals surface area contributed by atoms with Gasteiger partial charge in [0.1, 0.15) is 20.6 Å². The van der Waals surface area contributed by atoms with Gasteiger partial charge in [0.2, 0.25) is 0 Å². The zero-order valence-corrected chi connectivity index (χ0v) is 23.6. The Morgan fingerprint density at radius 3 is 1.56 bits per heavy atom. The molecule has 0 saturated carbocycles. The van der Waals surface area contributed by atoms with Crippen molar-refractivity contribution in [3.63, 3.8) is 0 Å². The molecule has 0 spiro atoms. The molecule has 0 atom stereocenters. The van der Waals surface area contributed by atoms with Crippen molar-refractivity contribution in [2.45, 2.75) is 9.79 Å². The normalized spacial score (nSPS) is 10.8. The molecular weight excluding hydrogens is 582 g/mol. The number of anilines is 4. The van der Waals surface area contributed by atoms with Crippen LogP contribution in [0.1, 0.15) is 0 Å². The number of hydrogen-bond acceptors (Lipinski definition) is 7. The third-order valence-corrected chi connectivity index (χ3v) is 7.05. The minimum Gasteiger partial charge on any atom is -0.355 e. The summed E-state index contributed by atoms with van der Waals surface area (Å²) in [7, 11) is -3.24. The third-order valence-electron chi connectivity index (χ3n) is 4.43. The highest BCUT2D eigenvalue weighted by atomic mass is 35.5. The van der Waals surface area contributed by atoms with Gasteiger partial charge in [0, 0.05) is 33.9 Å². The van der Waals surface area contributed by atoms with Crippen LogP contribution in [0.25, 0.3) is 0 Å². The van der Waals surface area contributed by atoms with E-state index in [1.165, 1.54) is 17.0 Å². The molecule has 0 aliphatic heterocycles. The largest absolute Gasteiger partial charge is 0.355 e. The van der Waals surface area contributed by atoms with Gasteiger partial charge in [-0.2, -0.15) is 0 Å². The molecule has 2 heterocycles. The first-order chi connectivity index (χ1) is 17.0. The topological polar surface area (TPSA) is 84.0 Å². The smallest absolute Gasteiger partial charge is 0.175 e. The molecule has 0 unspecified atom stereocenters. The molecule has 0 saturated heterocycles. The van der Waals surface area contributed by atoms with Crippen LogP contribution in [0.3, 0.4) is 0 Å². The molecule has 4 rings (SSSR count). The highest BCUT2D eigenvalue weighted by molar-refractivity contribution is 7.98. The maximum atomic E-state index is 11.5. The van der Waals surface area contributed by atoms with Crippen molar-refractivity contribution in [2.75, 3.05) is 23.1 Å². The molecule has 4 aromatic rings. The van der Waals surface area contributed by atoms with Crippen LogP contribution in [-0.4, -0.2) is 30.9 Å². The highest BCUT2D eigenvalue weighted by Crippen LogP contribution is 2.26. The van der Waals surface area contributed by atoms with Crippen LogP contribution in [0.4, 0.5) is 22.7 Å². The molecule has 0 aliphatic carbocycles. The number of sulfone groups is 1. The third kappa shape index (κ3) is 9.03. The Hall–Kier alpha value is -2.20. The second kappa shape index (κ2) is 12.9. The van der Waals surface area contributed by atoms with Crippen molar-refractivity contribution in [1.29, 1.82) is 0 Å². The van der Waals surface area contributed by atoms with Crippen molar-refractivity contribution < 1.29 is 8.42 Å². The van der Waals surface area contributed by atoms with Crippen LogP contribution in [0.2, 0.25) is 20.6 Å². The molecule has 6 nitrogen and oxygen atoms in total. The number of nitrogens with one attached hydrogen (secondary N) is 2. The van der Waals surface area contributed by atoms with E-state index in [1.54, 1.807) is 48.2 Å². The van der Waals surface area contributed by atoms with Gasteiger partial charge >= 0.3 is 0 Å². The average Bonchev–Trinajstić information content (AvgIpc) is 2.78. The zero-order valence-electron chi connectivity index (χ0n) is 19.0.